The Bertz CT molecular complexity index is 282. The molecule has 1 aromatic heterocycles. The number of aromatic hydroxyl groups is 1. The predicted molar refractivity (Wildman–Crippen MR) is 50.4 cm³/mol. The minimum atomic E-state index is 0.314. The third-order valence-electron chi connectivity index (χ3n) is 2.44. The lowest BCUT2D eigenvalue weighted by Gasteiger charge is -2.13. The number of likely N-dealkylation sites (tertiary alicyclic amines) is 1. The van der Waals surface area contributed by atoms with Crippen LogP contribution in [0.3, 0.4) is 0 Å². The number of aromatic nitrogens is 1. The lowest BCUT2D eigenvalue weighted by atomic mass is 10.3. The molecular formula is C10H14N2O. The second-order valence-corrected chi connectivity index (χ2v) is 3.45. The Kier molecular flexibility index (Phi) is 2.45. The molecule has 0 amide bonds. The van der Waals surface area contributed by atoms with E-state index in [0.717, 1.165) is 25.3 Å². The van der Waals surface area contributed by atoms with Gasteiger partial charge in [-0.1, -0.05) is 0 Å². The van der Waals surface area contributed by atoms with E-state index in [4.69, 9.17) is 0 Å². The molecule has 0 spiro atoms. The van der Waals surface area contributed by atoms with Crippen LogP contribution in [0.15, 0.2) is 18.3 Å². The van der Waals surface area contributed by atoms with Crippen molar-refractivity contribution in [3.8, 4) is 5.75 Å². The van der Waals surface area contributed by atoms with Crippen molar-refractivity contribution in [3.63, 3.8) is 0 Å². The number of rotatable bonds is 2. The number of pyridine rings is 1. The largest absolute Gasteiger partial charge is 0.506 e. The first-order valence-electron chi connectivity index (χ1n) is 4.71. The van der Waals surface area contributed by atoms with Crippen LogP contribution < -0.4 is 0 Å². The van der Waals surface area contributed by atoms with Crippen LogP contribution in [0.4, 0.5) is 0 Å². The highest BCUT2D eigenvalue weighted by atomic mass is 16.3. The molecule has 1 aliphatic heterocycles. The van der Waals surface area contributed by atoms with Gasteiger partial charge in [0.05, 0.1) is 5.69 Å². The van der Waals surface area contributed by atoms with Gasteiger partial charge in [-0.3, -0.25) is 9.88 Å². The van der Waals surface area contributed by atoms with Gasteiger partial charge in [0.25, 0.3) is 0 Å². The summed E-state index contributed by atoms with van der Waals surface area (Å²) in [6.45, 7) is 3.05. The fraction of sp³-hybridized carbons (Fsp3) is 0.500. The molecule has 1 fully saturated rings. The van der Waals surface area contributed by atoms with Crippen LogP contribution >= 0.6 is 0 Å². The predicted octanol–water partition coefficient (Wildman–Crippen LogP) is 1.38. The SMILES string of the molecule is Oc1cccnc1CN1CCCC1. The Hall–Kier alpha value is -1.09. The van der Waals surface area contributed by atoms with Gasteiger partial charge in [-0.05, 0) is 38.1 Å². The van der Waals surface area contributed by atoms with E-state index in [0.29, 0.717) is 5.75 Å². The van der Waals surface area contributed by atoms with Crippen molar-refractivity contribution in [1.82, 2.24) is 9.88 Å². The van der Waals surface area contributed by atoms with Gasteiger partial charge in [-0.2, -0.15) is 0 Å². The minimum absolute atomic E-state index is 0.314. The summed E-state index contributed by atoms with van der Waals surface area (Å²) in [4.78, 5) is 6.47. The fourth-order valence-corrected chi connectivity index (χ4v) is 1.70. The third-order valence-corrected chi connectivity index (χ3v) is 2.44. The normalized spacial score (nSPS) is 17.8. The molecule has 70 valence electrons. The molecule has 0 aliphatic carbocycles. The van der Waals surface area contributed by atoms with Crippen LogP contribution in [-0.4, -0.2) is 28.1 Å². The van der Waals surface area contributed by atoms with Crippen LogP contribution in [-0.2, 0) is 6.54 Å². The zero-order valence-corrected chi connectivity index (χ0v) is 7.61. The van der Waals surface area contributed by atoms with Gasteiger partial charge in [0.2, 0.25) is 0 Å². The molecule has 0 aromatic carbocycles. The fourth-order valence-electron chi connectivity index (χ4n) is 1.70. The summed E-state index contributed by atoms with van der Waals surface area (Å²) < 4.78 is 0. The molecule has 3 nitrogen and oxygen atoms in total. The summed E-state index contributed by atoms with van der Waals surface area (Å²) >= 11 is 0. The van der Waals surface area contributed by atoms with Crippen LogP contribution in [0, 0.1) is 0 Å². The van der Waals surface area contributed by atoms with E-state index in [-0.39, 0.29) is 0 Å². The smallest absolute Gasteiger partial charge is 0.138 e. The molecule has 0 bridgehead atoms. The maximum atomic E-state index is 9.48. The first-order chi connectivity index (χ1) is 6.36. The van der Waals surface area contributed by atoms with Crippen LogP contribution in [0.25, 0.3) is 0 Å². The summed E-state index contributed by atoms with van der Waals surface area (Å²) in [5.74, 6) is 0.314. The highest BCUT2D eigenvalue weighted by Gasteiger charge is 2.13. The number of hydrogen-bond acceptors (Lipinski definition) is 3. The lowest BCUT2D eigenvalue weighted by Crippen LogP contribution is -2.19. The second kappa shape index (κ2) is 3.75. The summed E-state index contributed by atoms with van der Waals surface area (Å²) in [5, 5.41) is 9.48. The summed E-state index contributed by atoms with van der Waals surface area (Å²) in [5.41, 5.74) is 0.796. The van der Waals surface area contributed by atoms with Crippen molar-refractivity contribution in [2.24, 2.45) is 0 Å². The Morgan fingerprint density at radius 3 is 2.85 bits per heavy atom. The standard InChI is InChI=1S/C10H14N2O/c13-10-4-3-5-11-9(10)8-12-6-1-2-7-12/h3-5,13H,1-2,6-8H2. The van der Waals surface area contributed by atoms with E-state index in [1.54, 1.807) is 18.3 Å². The molecule has 3 heteroatoms. The van der Waals surface area contributed by atoms with Crippen molar-refractivity contribution in [2.45, 2.75) is 19.4 Å². The van der Waals surface area contributed by atoms with Gasteiger partial charge < -0.3 is 5.11 Å². The molecule has 2 heterocycles. The third kappa shape index (κ3) is 1.98. The number of nitrogens with zero attached hydrogens (tertiary/aromatic N) is 2. The lowest BCUT2D eigenvalue weighted by molar-refractivity contribution is 0.319. The van der Waals surface area contributed by atoms with E-state index in [1.165, 1.54) is 12.8 Å². The second-order valence-electron chi connectivity index (χ2n) is 3.45. The zero-order chi connectivity index (χ0) is 9.10. The van der Waals surface area contributed by atoms with Gasteiger partial charge >= 0.3 is 0 Å². The van der Waals surface area contributed by atoms with Crippen LogP contribution in [0.2, 0.25) is 0 Å². The molecular weight excluding hydrogens is 164 g/mol. The van der Waals surface area contributed by atoms with E-state index >= 15 is 0 Å². The first-order valence-corrected chi connectivity index (χ1v) is 4.71. The molecule has 1 saturated heterocycles. The van der Waals surface area contributed by atoms with Crippen molar-refractivity contribution in [2.75, 3.05) is 13.1 Å². The van der Waals surface area contributed by atoms with Crippen molar-refractivity contribution in [3.05, 3.63) is 24.0 Å². The molecule has 1 N–H and O–H groups in total. The minimum Gasteiger partial charge on any atom is -0.506 e. The van der Waals surface area contributed by atoms with Crippen LogP contribution in [0.1, 0.15) is 18.5 Å². The average Bonchev–Trinajstić information content (AvgIpc) is 2.61. The average molecular weight is 178 g/mol. The Labute approximate surface area is 78.0 Å². The topological polar surface area (TPSA) is 36.4 Å². The molecule has 1 aromatic rings. The van der Waals surface area contributed by atoms with Crippen molar-refractivity contribution in [1.29, 1.82) is 0 Å². The molecule has 2 rings (SSSR count). The van der Waals surface area contributed by atoms with Crippen molar-refractivity contribution >= 4 is 0 Å². The zero-order valence-electron chi connectivity index (χ0n) is 7.61. The monoisotopic (exact) mass is 178 g/mol. The van der Waals surface area contributed by atoms with Gasteiger partial charge in [0, 0.05) is 12.7 Å². The highest BCUT2D eigenvalue weighted by molar-refractivity contribution is 5.24. The van der Waals surface area contributed by atoms with Gasteiger partial charge in [0.1, 0.15) is 5.75 Å². The summed E-state index contributed by atoms with van der Waals surface area (Å²) in [7, 11) is 0. The summed E-state index contributed by atoms with van der Waals surface area (Å²) in [6.07, 6.45) is 4.27. The van der Waals surface area contributed by atoms with E-state index in [9.17, 15) is 5.11 Å². The van der Waals surface area contributed by atoms with Gasteiger partial charge in [-0.25, -0.2) is 0 Å². The Morgan fingerprint density at radius 1 is 1.38 bits per heavy atom. The molecule has 13 heavy (non-hydrogen) atoms. The quantitative estimate of drug-likeness (QED) is 0.743. The molecule has 0 atom stereocenters. The van der Waals surface area contributed by atoms with Crippen molar-refractivity contribution < 1.29 is 5.11 Å². The van der Waals surface area contributed by atoms with Gasteiger partial charge in [0.15, 0.2) is 0 Å². The molecule has 1 aliphatic rings. The molecule has 0 unspecified atom stereocenters. The first kappa shape index (κ1) is 8.51. The summed E-state index contributed by atoms with van der Waals surface area (Å²) in [6, 6.07) is 3.45. The van der Waals surface area contributed by atoms with E-state index in [2.05, 4.69) is 9.88 Å². The van der Waals surface area contributed by atoms with E-state index in [1.807, 2.05) is 0 Å². The maximum absolute atomic E-state index is 9.48. The molecule has 0 saturated carbocycles. The van der Waals surface area contributed by atoms with Gasteiger partial charge in [-0.15, -0.1) is 0 Å². The van der Waals surface area contributed by atoms with Crippen LogP contribution in [0.5, 0.6) is 5.75 Å². The van der Waals surface area contributed by atoms with E-state index < -0.39 is 0 Å². The number of hydrogen-bond donors (Lipinski definition) is 1. The Morgan fingerprint density at radius 2 is 2.15 bits per heavy atom. The maximum Gasteiger partial charge on any atom is 0.138 e. The highest BCUT2D eigenvalue weighted by Crippen LogP contribution is 2.17. The Balaban J connectivity index is 2.04. The molecule has 0 radical (unpaired) electrons.